The van der Waals surface area contributed by atoms with Gasteiger partial charge in [0.15, 0.2) is 0 Å². The van der Waals surface area contributed by atoms with Crippen LogP contribution in [-0.4, -0.2) is 62.6 Å². The number of methoxy groups -OCH3 is 1. The summed E-state index contributed by atoms with van der Waals surface area (Å²) in [5.74, 6) is -0.251. The number of anilines is 1. The number of benzene rings is 1. The average molecular weight is 348 g/mol. The smallest absolute Gasteiger partial charge is 0.293 e. The van der Waals surface area contributed by atoms with E-state index in [0.29, 0.717) is 11.5 Å². The van der Waals surface area contributed by atoms with Gasteiger partial charge in [-0.3, -0.25) is 14.5 Å². The third kappa shape index (κ3) is 3.80. The molecule has 0 aromatic heterocycles. The lowest BCUT2D eigenvalue weighted by atomic mass is 10.1. The molecule has 2 fully saturated rings. The van der Waals surface area contributed by atoms with Crippen molar-refractivity contribution < 1.29 is 19.1 Å². The van der Waals surface area contributed by atoms with Gasteiger partial charge in [-0.05, 0) is 35.5 Å². The number of nitrogens with zero attached hydrogens (tertiary/aromatic N) is 2. The van der Waals surface area contributed by atoms with Crippen LogP contribution in [0.25, 0.3) is 6.08 Å². The van der Waals surface area contributed by atoms with Gasteiger partial charge in [-0.25, -0.2) is 0 Å². The Morgan fingerprint density at radius 2 is 1.92 bits per heavy atom. The molecule has 0 spiro atoms. The van der Waals surface area contributed by atoms with Crippen LogP contribution in [0.2, 0.25) is 0 Å². The number of hydrogen-bond donors (Lipinski definition) is 0. The van der Waals surface area contributed by atoms with E-state index < -0.39 is 0 Å². The van der Waals surface area contributed by atoms with Crippen molar-refractivity contribution in [1.29, 1.82) is 0 Å². The van der Waals surface area contributed by atoms with Crippen molar-refractivity contribution in [3.8, 4) is 0 Å². The van der Waals surface area contributed by atoms with Crippen molar-refractivity contribution in [2.75, 3.05) is 51.5 Å². The van der Waals surface area contributed by atoms with Crippen molar-refractivity contribution in [1.82, 2.24) is 4.90 Å². The zero-order valence-electron chi connectivity index (χ0n) is 13.6. The molecule has 2 heterocycles. The number of carbonyl (C=O) groups is 2. The van der Waals surface area contributed by atoms with Gasteiger partial charge >= 0.3 is 0 Å². The molecule has 0 N–H and O–H groups in total. The highest BCUT2D eigenvalue weighted by atomic mass is 32.2. The summed E-state index contributed by atoms with van der Waals surface area (Å²) < 4.78 is 10.3. The van der Waals surface area contributed by atoms with E-state index >= 15 is 0 Å². The van der Waals surface area contributed by atoms with E-state index in [1.165, 1.54) is 4.90 Å². The predicted octanol–water partition coefficient (Wildman–Crippen LogP) is 2.21. The van der Waals surface area contributed by atoms with Gasteiger partial charge < -0.3 is 14.4 Å². The quantitative estimate of drug-likeness (QED) is 0.761. The Balaban J connectivity index is 1.69. The Morgan fingerprint density at radius 1 is 1.21 bits per heavy atom. The van der Waals surface area contributed by atoms with Crippen LogP contribution in [0.4, 0.5) is 10.5 Å². The second-order valence-electron chi connectivity index (χ2n) is 5.52. The molecule has 1 aromatic carbocycles. The monoisotopic (exact) mass is 348 g/mol. The molecular formula is C17H20N2O4S. The molecule has 2 amide bonds. The highest BCUT2D eigenvalue weighted by Crippen LogP contribution is 2.32. The molecule has 3 rings (SSSR count). The topological polar surface area (TPSA) is 59.1 Å². The number of thioether (sulfide) groups is 1. The van der Waals surface area contributed by atoms with Gasteiger partial charge in [-0.1, -0.05) is 12.1 Å². The van der Waals surface area contributed by atoms with Crippen molar-refractivity contribution in [2.45, 2.75) is 0 Å². The molecule has 0 unspecified atom stereocenters. The van der Waals surface area contributed by atoms with Gasteiger partial charge in [0.05, 0.1) is 31.3 Å². The third-order valence-corrected chi connectivity index (χ3v) is 4.87. The summed E-state index contributed by atoms with van der Waals surface area (Å²) in [6, 6.07) is 8.00. The second-order valence-corrected chi connectivity index (χ2v) is 6.51. The van der Waals surface area contributed by atoms with Crippen molar-refractivity contribution >= 4 is 34.7 Å². The largest absolute Gasteiger partial charge is 0.383 e. The lowest BCUT2D eigenvalue weighted by Gasteiger charge is -2.28. The van der Waals surface area contributed by atoms with E-state index in [1.54, 1.807) is 13.2 Å². The highest BCUT2D eigenvalue weighted by molar-refractivity contribution is 8.18. The van der Waals surface area contributed by atoms with Crippen LogP contribution in [-0.2, 0) is 14.3 Å². The lowest BCUT2D eigenvalue weighted by molar-refractivity contribution is -0.123. The maximum Gasteiger partial charge on any atom is 0.293 e. The zero-order chi connectivity index (χ0) is 16.9. The first-order valence-electron chi connectivity index (χ1n) is 7.86. The lowest BCUT2D eigenvalue weighted by Crippen LogP contribution is -2.36. The normalized spacial score (nSPS) is 20.3. The Labute approximate surface area is 145 Å². The van der Waals surface area contributed by atoms with Gasteiger partial charge in [0.25, 0.3) is 11.1 Å². The number of ether oxygens (including phenoxy) is 2. The first kappa shape index (κ1) is 17.0. The molecule has 2 aliphatic rings. The van der Waals surface area contributed by atoms with E-state index in [4.69, 9.17) is 9.47 Å². The summed E-state index contributed by atoms with van der Waals surface area (Å²) >= 11 is 0.975. The maximum absolute atomic E-state index is 12.3. The molecule has 0 atom stereocenters. The summed E-state index contributed by atoms with van der Waals surface area (Å²) in [5, 5.41) is -0.242. The molecular weight excluding hydrogens is 328 g/mol. The molecule has 0 bridgehead atoms. The van der Waals surface area contributed by atoms with Crippen molar-refractivity contribution in [3.05, 3.63) is 34.7 Å². The molecule has 128 valence electrons. The fourth-order valence-electron chi connectivity index (χ4n) is 2.63. The summed E-state index contributed by atoms with van der Waals surface area (Å²) in [7, 11) is 1.55. The van der Waals surface area contributed by atoms with Crippen molar-refractivity contribution in [2.24, 2.45) is 0 Å². The van der Waals surface area contributed by atoms with Crippen LogP contribution >= 0.6 is 11.8 Å². The molecule has 1 aromatic rings. The molecule has 2 aliphatic heterocycles. The first-order valence-corrected chi connectivity index (χ1v) is 8.68. The summed E-state index contributed by atoms with van der Waals surface area (Å²) in [5.41, 5.74) is 2.05. The predicted molar refractivity (Wildman–Crippen MR) is 94.0 cm³/mol. The van der Waals surface area contributed by atoms with Gasteiger partial charge in [0, 0.05) is 25.9 Å². The Kier molecular flexibility index (Phi) is 5.55. The number of amides is 2. The van der Waals surface area contributed by atoms with E-state index in [2.05, 4.69) is 4.90 Å². The molecule has 0 aliphatic carbocycles. The Bertz CT molecular complexity index is 638. The van der Waals surface area contributed by atoms with E-state index in [9.17, 15) is 9.59 Å². The number of imide groups is 1. The minimum Gasteiger partial charge on any atom is -0.383 e. The van der Waals surface area contributed by atoms with E-state index in [-0.39, 0.29) is 17.7 Å². The summed E-state index contributed by atoms with van der Waals surface area (Å²) in [6.07, 6.45) is 1.76. The number of carbonyl (C=O) groups excluding carboxylic acids is 2. The number of morpholine rings is 1. The van der Waals surface area contributed by atoms with Crippen molar-refractivity contribution in [3.63, 3.8) is 0 Å². The number of rotatable bonds is 5. The SMILES string of the molecule is COCCN1C(=O)S/C(=C/c2ccc(N3CCOCC3)cc2)C1=O. The van der Waals surface area contributed by atoms with E-state index in [1.807, 2.05) is 24.3 Å². The van der Waals surface area contributed by atoms with Crippen LogP contribution in [0.5, 0.6) is 0 Å². The second kappa shape index (κ2) is 7.83. The van der Waals surface area contributed by atoms with Gasteiger partial charge in [-0.2, -0.15) is 0 Å². The summed E-state index contributed by atoms with van der Waals surface area (Å²) in [6.45, 7) is 3.90. The molecule has 0 saturated carbocycles. The summed E-state index contributed by atoms with van der Waals surface area (Å²) in [4.78, 5) is 28.1. The first-order chi connectivity index (χ1) is 11.7. The molecule has 2 saturated heterocycles. The van der Waals surface area contributed by atoms with Crippen LogP contribution < -0.4 is 4.90 Å². The number of hydrogen-bond acceptors (Lipinski definition) is 6. The fourth-order valence-corrected chi connectivity index (χ4v) is 3.49. The molecule has 6 nitrogen and oxygen atoms in total. The van der Waals surface area contributed by atoms with Gasteiger partial charge in [-0.15, -0.1) is 0 Å². The van der Waals surface area contributed by atoms with Crippen LogP contribution in [0, 0.1) is 0 Å². The van der Waals surface area contributed by atoms with Gasteiger partial charge in [0.1, 0.15) is 0 Å². The minimum atomic E-state index is -0.251. The Hall–Kier alpha value is -1.83. The third-order valence-electron chi connectivity index (χ3n) is 3.96. The minimum absolute atomic E-state index is 0.242. The van der Waals surface area contributed by atoms with E-state index in [0.717, 1.165) is 49.3 Å². The maximum atomic E-state index is 12.3. The fraction of sp³-hybridized carbons (Fsp3) is 0.412. The van der Waals surface area contributed by atoms with Crippen LogP contribution in [0.15, 0.2) is 29.2 Å². The molecule has 24 heavy (non-hydrogen) atoms. The molecule has 7 heteroatoms. The standard InChI is InChI=1S/C17H20N2O4S/c1-22-9-8-19-16(20)15(24-17(19)21)12-13-2-4-14(5-3-13)18-6-10-23-11-7-18/h2-5,12H,6-11H2,1H3/b15-12+. The zero-order valence-corrected chi connectivity index (χ0v) is 14.4. The Morgan fingerprint density at radius 3 is 2.58 bits per heavy atom. The van der Waals surface area contributed by atoms with Gasteiger partial charge in [0.2, 0.25) is 0 Å². The average Bonchev–Trinajstić information content (AvgIpc) is 2.88. The molecule has 0 radical (unpaired) electrons. The van der Waals surface area contributed by atoms with Crippen LogP contribution in [0.3, 0.4) is 0 Å². The highest BCUT2D eigenvalue weighted by Gasteiger charge is 2.34. The van der Waals surface area contributed by atoms with Crippen LogP contribution in [0.1, 0.15) is 5.56 Å².